The second-order valence-corrected chi connectivity index (χ2v) is 4.44. The SMILES string of the molecule is C#CCn1nnnc1C1=Cc2cc(Cl)ccc2OC1. The van der Waals surface area contributed by atoms with Crippen molar-refractivity contribution in [3.05, 3.63) is 34.6 Å². The molecule has 0 aliphatic carbocycles. The van der Waals surface area contributed by atoms with Crippen LogP contribution in [0.25, 0.3) is 11.6 Å². The summed E-state index contributed by atoms with van der Waals surface area (Å²) < 4.78 is 7.22. The van der Waals surface area contributed by atoms with E-state index in [9.17, 15) is 0 Å². The first-order valence-corrected chi connectivity index (χ1v) is 5.98. The normalized spacial score (nSPS) is 13.2. The summed E-state index contributed by atoms with van der Waals surface area (Å²) in [6, 6.07) is 5.47. The van der Waals surface area contributed by atoms with Crippen molar-refractivity contribution in [2.24, 2.45) is 0 Å². The third kappa shape index (κ3) is 2.18. The number of nitrogens with zero attached hydrogens (tertiary/aromatic N) is 4. The standard InChI is InChI=1S/C13H9ClN4O/c1-2-5-18-13(15-16-17-18)10-6-9-7-11(14)3-4-12(9)19-8-10/h1,3-4,6-7H,5,8H2. The molecule has 0 saturated heterocycles. The molecule has 0 atom stereocenters. The van der Waals surface area contributed by atoms with Gasteiger partial charge >= 0.3 is 0 Å². The van der Waals surface area contributed by atoms with E-state index < -0.39 is 0 Å². The maximum Gasteiger partial charge on any atom is 0.182 e. The Morgan fingerprint density at radius 3 is 3.21 bits per heavy atom. The van der Waals surface area contributed by atoms with E-state index >= 15 is 0 Å². The van der Waals surface area contributed by atoms with Crippen molar-refractivity contribution >= 4 is 23.3 Å². The first-order chi connectivity index (χ1) is 9.28. The van der Waals surface area contributed by atoms with Gasteiger partial charge in [0.15, 0.2) is 5.82 Å². The quantitative estimate of drug-likeness (QED) is 0.784. The Kier molecular flexibility index (Phi) is 2.94. The molecule has 0 bridgehead atoms. The molecule has 1 aromatic heterocycles. The van der Waals surface area contributed by atoms with E-state index in [2.05, 4.69) is 21.4 Å². The fourth-order valence-corrected chi connectivity index (χ4v) is 2.09. The van der Waals surface area contributed by atoms with Gasteiger partial charge in [-0.3, -0.25) is 0 Å². The van der Waals surface area contributed by atoms with E-state index in [0.717, 1.165) is 16.9 Å². The minimum absolute atomic E-state index is 0.322. The molecule has 5 nitrogen and oxygen atoms in total. The van der Waals surface area contributed by atoms with Crippen LogP contribution in [0, 0.1) is 12.3 Å². The van der Waals surface area contributed by atoms with E-state index in [0.29, 0.717) is 24.0 Å². The molecule has 0 spiro atoms. The van der Waals surface area contributed by atoms with Crippen LogP contribution in [0.15, 0.2) is 18.2 Å². The van der Waals surface area contributed by atoms with Crippen molar-refractivity contribution in [1.29, 1.82) is 0 Å². The topological polar surface area (TPSA) is 52.8 Å². The van der Waals surface area contributed by atoms with Gasteiger partial charge in [-0.2, -0.15) is 0 Å². The van der Waals surface area contributed by atoms with Crippen molar-refractivity contribution < 1.29 is 4.74 Å². The monoisotopic (exact) mass is 272 g/mol. The van der Waals surface area contributed by atoms with E-state index in [4.69, 9.17) is 22.8 Å². The van der Waals surface area contributed by atoms with Crippen molar-refractivity contribution in [3.63, 3.8) is 0 Å². The summed E-state index contributed by atoms with van der Waals surface area (Å²) in [5.41, 5.74) is 1.78. The van der Waals surface area contributed by atoms with Crippen LogP contribution in [0.5, 0.6) is 5.75 Å². The van der Waals surface area contributed by atoms with Gasteiger partial charge in [-0.15, -0.1) is 11.5 Å². The summed E-state index contributed by atoms with van der Waals surface area (Å²) in [6.07, 6.45) is 7.24. The number of rotatable bonds is 2. The van der Waals surface area contributed by atoms with Gasteiger partial charge in [0.05, 0.1) is 0 Å². The zero-order valence-corrected chi connectivity index (χ0v) is 10.6. The Hall–Kier alpha value is -2.32. The molecule has 0 N–H and O–H groups in total. The van der Waals surface area contributed by atoms with E-state index in [-0.39, 0.29) is 0 Å². The molecule has 1 aliphatic heterocycles. The molecular formula is C13H9ClN4O. The van der Waals surface area contributed by atoms with Crippen LogP contribution in [0.1, 0.15) is 11.4 Å². The number of terminal acetylenes is 1. The number of halogens is 1. The number of hydrogen-bond acceptors (Lipinski definition) is 4. The molecule has 19 heavy (non-hydrogen) atoms. The molecule has 0 saturated carbocycles. The summed E-state index contributed by atoms with van der Waals surface area (Å²) in [5, 5.41) is 12.1. The predicted octanol–water partition coefficient (Wildman–Crippen LogP) is 1.89. The van der Waals surface area contributed by atoms with Crippen LogP contribution < -0.4 is 4.74 Å². The van der Waals surface area contributed by atoms with E-state index in [1.165, 1.54) is 0 Å². The van der Waals surface area contributed by atoms with Crippen molar-refractivity contribution in [3.8, 4) is 18.1 Å². The molecule has 3 rings (SSSR count). The van der Waals surface area contributed by atoms with Gasteiger partial charge < -0.3 is 4.74 Å². The van der Waals surface area contributed by atoms with Gasteiger partial charge in [-0.25, -0.2) is 4.68 Å². The lowest BCUT2D eigenvalue weighted by Crippen LogP contribution is -2.12. The number of benzene rings is 1. The van der Waals surface area contributed by atoms with Gasteiger partial charge in [0.25, 0.3) is 0 Å². The fraction of sp³-hybridized carbons (Fsp3) is 0.154. The molecule has 0 unspecified atom stereocenters. The highest BCUT2D eigenvalue weighted by Crippen LogP contribution is 2.31. The smallest absolute Gasteiger partial charge is 0.182 e. The molecule has 6 heteroatoms. The van der Waals surface area contributed by atoms with Crippen LogP contribution in [-0.2, 0) is 6.54 Å². The lowest BCUT2D eigenvalue weighted by Gasteiger charge is -2.17. The maximum absolute atomic E-state index is 5.97. The molecular weight excluding hydrogens is 264 g/mol. The maximum atomic E-state index is 5.97. The van der Waals surface area contributed by atoms with Gasteiger partial charge in [0.2, 0.25) is 0 Å². The van der Waals surface area contributed by atoms with Crippen LogP contribution in [0.4, 0.5) is 0 Å². The molecule has 94 valence electrons. The number of tetrazole rings is 1. The zero-order chi connectivity index (χ0) is 13.2. The minimum atomic E-state index is 0.322. The molecule has 0 amide bonds. The average Bonchev–Trinajstić information content (AvgIpc) is 2.86. The first-order valence-electron chi connectivity index (χ1n) is 5.61. The second-order valence-electron chi connectivity index (χ2n) is 4.00. The van der Waals surface area contributed by atoms with Crippen molar-refractivity contribution in [2.75, 3.05) is 6.61 Å². The van der Waals surface area contributed by atoms with Gasteiger partial charge in [0, 0.05) is 16.2 Å². The summed E-state index contributed by atoms with van der Waals surface area (Å²) in [7, 11) is 0. The Morgan fingerprint density at radius 2 is 2.37 bits per heavy atom. The number of ether oxygens (including phenoxy) is 1. The van der Waals surface area contributed by atoms with E-state index in [1.807, 2.05) is 18.2 Å². The molecule has 1 aliphatic rings. The minimum Gasteiger partial charge on any atom is -0.488 e. The molecule has 1 aromatic carbocycles. The van der Waals surface area contributed by atoms with Crippen LogP contribution in [-0.4, -0.2) is 26.8 Å². The Balaban J connectivity index is 2.03. The highest BCUT2D eigenvalue weighted by atomic mass is 35.5. The molecule has 2 aromatic rings. The van der Waals surface area contributed by atoms with Crippen LogP contribution in [0.3, 0.4) is 0 Å². The first kappa shape index (κ1) is 11.8. The van der Waals surface area contributed by atoms with Crippen LogP contribution in [0.2, 0.25) is 5.02 Å². The molecule has 0 radical (unpaired) electrons. The highest BCUT2D eigenvalue weighted by molar-refractivity contribution is 6.30. The lowest BCUT2D eigenvalue weighted by atomic mass is 10.1. The molecule has 0 fully saturated rings. The summed E-state index contributed by atoms with van der Waals surface area (Å²) in [5.74, 6) is 3.92. The third-order valence-electron chi connectivity index (χ3n) is 2.74. The van der Waals surface area contributed by atoms with Gasteiger partial charge in [-0.1, -0.05) is 17.5 Å². The van der Waals surface area contributed by atoms with Gasteiger partial charge in [-0.05, 0) is 34.7 Å². The summed E-state index contributed by atoms with van der Waals surface area (Å²) in [4.78, 5) is 0. The average molecular weight is 273 g/mol. The zero-order valence-electron chi connectivity index (χ0n) is 9.88. The predicted molar refractivity (Wildman–Crippen MR) is 71.5 cm³/mol. The second kappa shape index (κ2) is 4.75. The molecule has 2 heterocycles. The summed E-state index contributed by atoms with van der Waals surface area (Å²) in [6.45, 7) is 0.724. The van der Waals surface area contributed by atoms with Gasteiger partial charge in [0.1, 0.15) is 18.9 Å². The third-order valence-corrected chi connectivity index (χ3v) is 2.98. The fourth-order valence-electron chi connectivity index (χ4n) is 1.91. The van der Waals surface area contributed by atoms with Crippen molar-refractivity contribution in [2.45, 2.75) is 6.54 Å². The number of aromatic nitrogens is 4. The number of hydrogen-bond donors (Lipinski definition) is 0. The van der Waals surface area contributed by atoms with Crippen molar-refractivity contribution in [1.82, 2.24) is 20.2 Å². The summed E-state index contributed by atoms with van der Waals surface area (Å²) >= 11 is 5.97. The van der Waals surface area contributed by atoms with E-state index in [1.54, 1.807) is 10.7 Å². The Labute approximate surface area is 114 Å². The largest absolute Gasteiger partial charge is 0.488 e. The number of fused-ring (bicyclic) bond motifs is 1. The van der Waals surface area contributed by atoms with Crippen LogP contribution >= 0.6 is 11.6 Å². The Bertz CT molecular complexity index is 699. The highest BCUT2D eigenvalue weighted by Gasteiger charge is 2.17. The lowest BCUT2D eigenvalue weighted by molar-refractivity contribution is 0.364. The Morgan fingerprint density at radius 1 is 1.47 bits per heavy atom.